The van der Waals surface area contributed by atoms with Crippen LogP contribution < -0.4 is 10.1 Å². The van der Waals surface area contributed by atoms with Gasteiger partial charge >= 0.3 is 0 Å². The molecule has 1 atom stereocenters. The van der Waals surface area contributed by atoms with Crippen molar-refractivity contribution in [1.82, 2.24) is 5.32 Å². The normalized spacial score (nSPS) is 12.8. The summed E-state index contributed by atoms with van der Waals surface area (Å²) < 4.78 is 5.74. The number of aliphatic hydroxyl groups is 1. The molecule has 0 aliphatic heterocycles. The van der Waals surface area contributed by atoms with E-state index in [1.54, 1.807) is 6.07 Å². The lowest BCUT2D eigenvalue weighted by atomic mass is 10.1. The molecule has 1 rings (SSSR count). The fraction of sp³-hybridized carbons (Fsp3) is 0.600. The summed E-state index contributed by atoms with van der Waals surface area (Å²) in [6.45, 7) is 8.30. The van der Waals surface area contributed by atoms with Gasteiger partial charge in [-0.15, -0.1) is 0 Å². The largest absolute Gasteiger partial charge is 0.491 e. The third-order valence-electron chi connectivity index (χ3n) is 2.78. The molecule has 0 fully saturated rings. The molecule has 0 aliphatic carbocycles. The summed E-state index contributed by atoms with van der Waals surface area (Å²) in [5.41, 5.74) is 0.938. The number of benzene rings is 1. The smallest absolute Gasteiger partial charge is 0.142 e. The van der Waals surface area contributed by atoms with Crippen molar-refractivity contribution in [2.45, 2.75) is 27.3 Å². The fourth-order valence-corrected chi connectivity index (χ4v) is 2.27. The molecule has 0 radical (unpaired) electrons. The summed E-state index contributed by atoms with van der Waals surface area (Å²) in [5, 5.41) is 13.5. The van der Waals surface area contributed by atoms with E-state index in [0.717, 1.165) is 12.1 Å². The molecule has 0 spiro atoms. The first-order valence-electron chi connectivity index (χ1n) is 6.86. The van der Waals surface area contributed by atoms with Gasteiger partial charge in [-0.05, 0) is 24.6 Å². The summed E-state index contributed by atoms with van der Waals surface area (Å²) in [6.07, 6.45) is 0. The first-order chi connectivity index (χ1) is 9.43. The van der Waals surface area contributed by atoms with Crippen molar-refractivity contribution in [3.63, 3.8) is 0 Å². The number of hydrogen-bond acceptors (Lipinski definition) is 3. The Balaban J connectivity index is 2.78. The van der Waals surface area contributed by atoms with Crippen LogP contribution in [0.3, 0.4) is 0 Å². The van der Waals surface area contributed by atoms with Crippen LogP contribution in [0, 0.1) is 11.8 Å². The summed E-state index contributed by atoms with van der Waals surface area (Å²) in [5.74, 6) is 1.29. The molecule has 114 valence electrons. The monoisotopic (exact) mass is 319 g/mol. The third-order valence-corrected chi connectivity index (χ3v) is 3.28. The standard InChI is InChI=1S/C15H23Cl2NO2/c1-10(2)6-18-7-12-4-13(16)5-14(17)15(12)20-9-11(3)8-19/h4-5,10-11,18-19H,6-9H2,1-3H3. The van der Waals surface area contributed by atoms with Crippen molar-refractivity contribution in [3.8, 4) is 5.75 Å². The van der Waals surface area contributed by atoms with E-state index in [2.05, 4.69) is 19.2 Å². The zero-order valence-electron chi connectivity index (χ0n) is 12.2. The molecule has 3 nitrogen and oxygen atoms in total. The Labute approximate surface area is 131 Å². The molecule has 0 saturated heterocycles. The van der Waals surface area contributed by atoms with Crippen molar-refractivity contribution in [1.29, 1.82) is 0 Å². The molecule has 1 aromatic carbocycles. The quantitative estimate of drug-likeness (QED) is 0.766. The lowest BCUT2D eigenvalue weighted by Crippen LogP contribution is -2.20. The van der Waals surface area contributed by atoms with Gasteiger partial charge in [0.05, 0.1) is 11.6 Å². The van der Waals surface area contributed by atoms with E-state index in [4.69, 9.17) is 33.0 Å². The lowest BCUT2D eigenvalue weighted by molar-refractivity contribution is 0.173. The summed E-state index contributed by atoms with van der Waals surface area (Å²) in [4.78, 5) is 0. The van der Waals surface area contributed by atoms with Gasteiger partial charge in [-0.1, -0.05) is 44.0 Å². The average molecular weight is 320 g/mol. The Morgan fingerprint density at radius 3 is 2.55 bits per heavy atom. The van der Waals surface area contributed by atoms with Crippen molar-refractivity contribution in [2.24, 2.45) is 11.8 Å². The molecule has 0 aliphatic rings. The predicted octanol–water partition coefficient (Wildman–Crippen LogP) is 3.75. The number of hydrogen-bond donors (Lipinski definition) is 2. The zero-order chi connectivity index (χ0) is 15.1. The summed E-state index contributed by atoms with van der Waals surface area (Å²) in [7, 11) is 0. The van der Waals surface area contributed by atoms with E-state index in [-0.39, 0.29) is 12.5 Å². The molecule has 2 N–H and O–H groups in total. The van der Waals surface area contributed by atoms with Gasteiger partial charge in [0.25, 0.3) is 0 Å². The van der Waals surface area contributed by atoms with Crippen LogP contribution in [0.4, 0.5) is 0 Å². The first-order valence-corrected chi connectivity index (χ1v) is 7.62. The van der Waals surface area contributed by atoms with Gasteiger partial charge in [-0.25, -0.2) is 0 Å². The van der Waals surface area contributed by atoms with Gasteiger partial charge in [0.15, 0.2) is 0 Å². The minimum Gasteiger partial charge on any atom is -0.491 e. The molecule has 0 amide bonds. The maximum Gasteiger partial charge on any atom is 0.142 e. The van der Waals surface area contributed by atoms with E-state index in [0.29, 0.717) is 34.9 Å². The van der Waals surface area contributed by atoms with Gasteiger partial charge in [0.1, 0.15) is 5.75 Å². The molecular formula is C15H23Cl2NO2. The molecule has 1 aromatic rings. The van der Waals surface area contributed by atoms with Crippen LogP contribution in [-0.4, -0.2) is 24.9 Å². The topological polar surface area (TPSA) is 41.5 Å². The van der Waals surface area contributed by atoms with E-state index in [9.17, 15) is 0 Å². The number of nitrogens with one attached hydrogen (secondary N) is 1. The Bertz CT molecular complexity index is 425. The van der Waals surface area contributed by atoms with Crippen molar-refractivity contribution in [2.75, 3.05) is 19.8 Å². The Hall–Kier alpha value is -0.480. The zero-order valence-corrected chi connectivity index (χ0v) is 13.8. The average Bonchev–Trinajstić information content (AvgIpc) is 2.36. The predicted molar refractivity (Wildman–Crippen MR) is 84.8 cm³/mol. The van der Waals surface area contributed by atoms with Gasteiger partial charge < -0.3 is 15.2 Å². The second-order valence-corrected chi connectivity index (χ2v) is 6.34. The van der Waals surface area contributed by atoms with Gasteiger partial charge in [-0.2, -0.15) is 0 Å². The molecule has 0 bridgehead atoms. The van der Waals surface area contributed by atoms with E-state index < -0.39 is 0 Å². The SMILES string of the molecule is CC(C)CNCc1cc(Cl)cc(Cl)c1OCC(C)CO. The minimum atomic E-state index is 0.0678. The number of halogens is 2. The summed E-state index contributed by atoms with van der Waals surface area (Å²) in [6, 6.07) is 3.54. The lowest BCUT2D eigenvalue weighted by Gasteiger charge is -2.17. The van der Waals surface area contributed by atoms with Crippen LogP contribution in [0.5, 0.6) is 5.75 Å². The highest BCUT2D eigenvalue weighted by molar-refractivity contribution is 6.35. The van der Waals surface area contributed by atoms with Gasteiger partial charge in [0.2, 0.25) is 0 Å². The highest BCUT2D eigenvalue weighted by Gasteiger charge is 2.12. The Morgan fingerprint density at radius 1 is 1.25 bits per heavy atom. The fourth-order valence-electron chi connectivity index (χ4n) is 1.68. The highest BCUT2D eigenvalue weighted by atomic mass is 35.5. The number of ether oxygens (including phenoxy) is 1. The van der Waals surface area contributed by atoms with Crippen LogP contribution in [0.2, 0.25) is 10.0 Å². The van der Waals surface area contributed by atoms with E-state index in [1.165, 1.54) is 0 Å². The number of aliphatic hydroxyl groups excluding tert-OH is 1. The maximum atomic E-state index is 9.05. The third kappa shape index (κ3) is 5.88. The van der Waals surface area contributed by atoms with Crippen LogP contribution in [0.1, 0.15) is 26.3 Å². The highest BCUT2D eigenvalue weighted by Crippen LogP contribution is 2.32. The molecule has 0 saturated carbocycles. The van der Waals surface area contributed by atoms with Crippen LogP contribution in [0.15, 0.2) is 12.1 Å². The van der Waals surface area contributed by atoms with Crippen LogP contribution >= 0.6 is 23.2 Å². The molecular weight excluding hydrogens is 297 g/mol. The molecule has 0 heterocycles. The van der Waals surface area contributed by atoms with Crippen LogP contribution in [0.25, 0.3) is 0 Å². The minimum absolute atomic E-state index is 0.0678. The molecule has 1 unspecified atom stereocenters. The Morgan fingerprint density at radius 2 is 1.95 bits per heavy atom. The molecule has 20 heavy (non-hydrogen) atoms. The first kappa shape index (κ1) is 17.6. The summed E-state index contributed by atoms with van der Waals surface area (Å²) >= 11 is 12.2. The van der Waals surface area contributed by atoms with E-state index >= 15 is 0 Å². The van der Waals surface area contributed by atoms with Crippen LogP contribution in [-0.2, 0) is 6.54 Å². The molecule has 0 aromatic heterocycles. The Kier molecular flexibility index (Phi) is 7.67. The maximum absolute atomic E-state index is 9.05. The van der Waals surface area contributed by atoms with Crippen molar-refractivity contribution < 1.29 is 9.84 Å². The van der Waals surface area contributed by atoms with Gasteiger partial charge in [-0.3, -0.25) is 0 Å². The van der Waals surface area contributed by atoms with Crippen molar-refractivity contribution in [3.05, 3.63) is 27.7 Å². The van der Waals surface area contributed by atoms with Gasteiger partial charge in [0, 0.05) is 29.7 Å². The van der Waals surface area contributed by atoms with Crippen molar-refractivity contribution >= 4 is 23.2 Å². The van der Waals surface area contributed by atoms with E-state index in [1.807, 2.05) is 13.0 Å². The second kappa shape index (κ2) is 8.73. The molecule has 5 heteroatoms. The number of rotatable bonds is 8. The second-order valence-electron chi connectivity index (χ2n) is 5.50.